The molecule has 0 bridgehead atoms. The van der Waals surface area contributed by atoms with Crippen LogP contribution in [-0.4, -0.2) is 41.1 Å². The SMILES string of the molecule is CC1(C)COCCN1C(=O)c1ccnc(Br)c1. The van der Waals surface area contributed by atoms with E-state index >= 15 is 0 Å². The van der Waals surface area contributed by atoms with Gasteiger partial charge in [0.15, 0.2) is 0 Å². The van der Waals surface area contributed by atoms with Gasteiger partial charge in [0, 0.05) is 18.3 Å². The Hall–Kier alpha value is -0.940. The molecule has 92 valence electrons. The monoisotopic (exact) mass is 298 g/mol. The summed E-state index contributed by atoms with van der Waals surface area (Å²) in [7, 11) is 0. The summed E-state index contributed by atoms with van der Waals surface area (Å²) in [6.45, 7) is 5.83. The second kappa shape index (κ2) is 4.74. The molecule has 17 heavy (non-hydrogen) atoms. The van der Waals surface area contributed by atoms with E-state index in [1.54, 1.807) is 18.3 Å². The Morgan fingerprint density at radius 2 is 2.35 bits per heavy atom. The summed E-state index contributed by atoms with van der Waals surface area (Å²) in [6, 6.07) is 3.48. The lowest BCUT2D eigenvalue weighted by atomic mass is 10.0. The summed E-state index contributed by atoms with van der Waals surface area (Å²) in [5.74, 6) is 0.0291. The van der Waals surface area contributed by atoms with Crippen molar-refractivity contribution in [2.45, 2.75) is 19.4 Å². The molecule has 2 rings (SSSR count). The van der Waals surface area contributed by atoms with Gasteiger partial charge in [-0.1, -0.05) is 0 Å². The van der Waals surface area contributed by atoms with E-state index in [9.17, 15) is 4.79 Å². The van der Waals surface area contributed by atoms with Crippen molar-refractivity contribution in [3.05, 3.63) is 28.5 Å². The number of hydrogen-bond donors (Lipinski definition) is 0. The summed E-state index contributed by atoms with van der Waals surface area (Å²) in [6.07, 6.45) is 1.63. The number of aromatic nitrogens is 1. The zero-order valence-electron chi connectivity index (χ0n) is 9.94. The third-order valence-corrected chi connectivity index (χ3v) is 3.30. The van der Waals surface area contributed by atoms with E-state index in [0.29, 0.717) is 29.9 Å². The van der Waals surface area contributed by atoms with E-state index in [0.717, 1.165) is 0 Å². The van der Waals surface area contributed by atoms with Gasteiger partial charge < -0.3 is 9.64 Å². The summed E-state index contributed by atoms with van der Waals surface area (Å²) in [5, 5.41) is 0. The van der Waals surface area contributed by atoms with Gasteiger partial charge in [-0.05, 0) is 41.9 Å². The molecule has 1 aliphatic heterocycles. The van der Waals surface area contributed by atoms with Crippen LogP contribution in [0.1, 0.15) is 24.2 Å². The highest BCUT2D eigenvalue weighted by molar-refractivity contribution is 9.10. The van der Waals surface area contributed by atoms with Crippen LogP contribution in [0.2, 0.25) is 0 Å². The molecule has 0 aromatic carbocycles. The fraction of sp³-hybridized carbons (Fsp3) is 0.500. The highest BCUT2D eigenvalue weighted by Gasteiger charge is 2.34. The van der Waals surface area contributed by atoms with Gasteiger partial charge in [-0.15, -0.1) is 0 Å². The van der Waals surface area contributed by atoms with Gasteiger partial charge in [-0.25, -0.2) is 4.98 Å². The number of hydrogen-bond acceptors (Lipinski definition) is 3. The summed E-state index contributed by atoms with van der Waals surface area (Å²) >= 11 is 3.28. The molecule has 4 nitrogen and oxygen atoms in total. The lowest BCUT2D eigenvalue weighted by molar-refractivity contribution is -0.0370. The standard InChI is InChI=1S/C12H15BrN2O2/c1-12(2)8-17-6-5-15(12)11(16)9-3-4-14-10(13)7-9/h3-4,7H,5-6,8H2,1-2H3. The maximum atomic E-state index is 12.4. The molecular formula is C12H15BrN2O2. The molecule has 1 aromatic heterocycles. The van der Waals surface area contributed by atoms with Crippen molar-refractivity contribution in [2.75, 3.05) is 19.8 Å². The molecule has 5 heteroatoms. The van der Waals surface area contributed by atoms with E-state index in [4.69, 9.17) is 4.74 Å². The van der Waals surface area contributed by atoms with Gasteiger partial charge in [0.25, 0.3) is 5.91 Å². The first kappa shape index (κ1) is 12.5. The van der Waals surface area contributed by atoms with E-state index in [1.807, 2.05) is 18.7 Å². The van der Waals surface area contributed by atoms with Crippen LogP contribution in [0.4, 0.5) is 0 Å². The topological polar surface area (TPSA) is 42.4 Å². The minimum atomic E-state index is -0.259. The minimum absolute atomic E-state index is 0.0291. The highest BCUT2D eigenvalue weighted by Crippen LogP contribution is 2.22. The molecular weight excluding hydrogens is 284 g/mol. The quantitative estimate of drug-likeness (QED) is 0.746. The van der Waals surface area contributed by atoms with Crippen LogP contribution in [-0.2, 0) is 4.74 Å². The smallest absolute Gasteiger partial charge is 0.254 e. The van der Waals surface area contributed by atoms with Gasteiger partial charge in [-0.3, -0.25) is 4.79 Å². The Balaban J connectivity index is 2.25. The number of rotatable bonds is 1. The van der Waals surface area contributed by atoms with Crippen molar-refractivity contribution in [3.8, 4) is 0 Å². The molecule has 1 aromatic rings. The van der Waals surface area contributed by atoms with Crippen LogP contribution in [0, 0.1) is 0 Å². The van der Waals surface area contributed by atoms with E-state index in [1.165, 1.54) is 0 Å². The number of halogens is 1. The molecule has 1 aliphatic rings. The van der Waals surface area contributed by atoms with Gasteiger partial charge in [-0.2, -0.15) is 0 Å². The molecule has 1 amide bonds. The number of ether oxygens (including phenoxy) is 1. The second-order valence-corrected chi connectivity index (χ2v) is 5.50. The maximum Gasteiger partial charge on any atom is 0.254 e. The molecule has 0 spiro atoms. The molecule has 0 atom stereocenters. The Kier molecular flexibility index (Phi) is 3.49. The number of pyridine rings is 1. The first-order valence-corrected chi connectivity index (χ1v) is 6.31. The van der Waals surface area contributed by atoms with E-state index in [2.05, 4.69) is 20.9 Å². The van der Waals surface area contributed by atoms with Gasteiger partial charge >= 0.3 is 0 Å². The molecule has 0 aliphatic carbocycles. The molecule has 0 unspecified atom stereocenters. The number of nitrogens with zero attached hydrogens (tertiary/aromatic N) is 2. The van der Waals surface area contributed by atoms with Gasteiger partial charge in [0.2, 0.25) is 0 Å². The Morgan fingerprint density at radius 3 is 3.00 bits per heavy atom. The minimum Gasteiger partial charge on any atom is -0.377 e. The average molecular weight is 299 g/mol. The van der Waals surface area contributed by atoms with Crippen LogP contribution < -0.4 is 0 Å². The lowest BCUT2D eigenvalue weighted by Crippen LogP contribution is -2.55. The van der Waals surface area contributed by atoms with E-state index < -0.39 is 0 Å². The van der Waals surface area contributed by atoms with Crippen molar-refractivity contribution in [3.63, 3.8) is 0 Å². The predicted molar refractivity (Wildman–Crippen MR) is 67.9 cm³/mol. The van der Waals surface area contributed by atoms with Crippen molar-refractivity contribution in [2.24, 2.45) is 0 Å². The Bertz CT molecular complexity index is 434. The molecule has 0 saturated carbocycles. The third-order valence-electron chi connectivity index (χ3n) is 2.86. The summed E-state index contributed by atoms with van der Waals surface area (Å²) in [4.78, 5) is 18.3. The van der Waals surface area contributed by atoms with Gasteiger partial charge in [0.05, 0.1) is 18.8 Å². The molecule has 2 heterocycles. The van der Waals surface area contributed by atoms with Gasteiger partial charge in [0.1, 0.15) is 4.60 Å². The summed E-state index contributed by atoms with van der Waals surface area (Å²) < 4.78 is 6.08. The van der Waals surface area contributed by atoms with Crippen molar-refractivity contribution in [1.82, 2.24) is 9.88 Å². The number of amides is 1. The van der Waals surface area contributed by atoms with Crippen LogP contribution in [0.25, 0.3) is 0 Å². The molecule has 1 saturated heterocycles. The number of carbonyl (C=O) groups is 1. The lowest BCUT2D eigenvalue weighted by Gasteiger charge is -2.42. The van der Waals surface area contributed by atoms with Crippen molar-refractivity contribution in [1.29, 1.82) is 0 Å². The Labute approximate surface area is 109 Å². The zero-order chi connectivity index (χ0) is 12.5. The maximum absolute atomic E-state index is 12.4. The normalized spacial score (nSPS) is 19.1. The first-order valence-electron chi connectivity index (χ1n) is 5.52. The van der Waals surface area contributed by atoms with Crippen LogP contribution in [0.15, 0.2) is 22.9 Å². The largest absolute Gasteiger partial charge is 0.377 e. The van der Waals surface area contributed by atoms with E-state index in [-0.39, 0.29) is 11.4 Å². The first-order chi connectivity index (χ1) is 8.00. The van der Waals surface area contributed by atoms with Crippen LogP contribution >= 0.6 is 15.9 Å². The molecule has 0 radical (unpaired) electrons. The predicted octanol–water partition coefficient (Wildman–Crippen LogP) is 2.10. The fourth-order valence-corrected chi connectivity index (χ4v) is 2.29. The summed E-state index contributed by atoms with van der Waals surface area (Å²) in [5.41, 5.74) is 0.396. The van der Waals surface area contributed by atoms with Crippen LogP contribution in [0.3, 0.4) is 0 Å². The Morgan fingerprint density at radius 1 is 1.59 bits per heavy atom. The fourth-order valence-electron chi connectivity index (χ4n) is 1.93. The molecule has 1 fully saturated rings. The molecule has 0 N–H and O–H groups in total. The van der Waals surface area contributed by atoms with Crippen molar-refractivity contribution < 1.29 is 9.53 Å². The highest BCUT2D eigenvalue weighted by atomic mass is 79.9. The second-order valence-electron chi connectivity index (χ2n) is 4.69. The number of morpholine rings is 1. The van der Waals surface area contributed by atoms with Crippen molar-refractivity contribution >= 4 is 21.8 Å². The average Bonchev–Trinajstić information content (AvgIpc) is 2.27. The zero-order valence-corrected chi connectivity index (χ0v) is 11.5. The van der Waals surface area contributed by atoms with Crippen LogP contribution in [0.5, 0.6) is 0 Å². The third kappa shape index (κ3) is 2.66. The number of carbonyl (C=O) groups excluding carboxylic acids is 1.